The number of urea groups is 1. The van der Waals surface area contributed by atoms with Crippen LogP contribution in [0.1, 0.15) is 57.4 Å². The Morgan fingerprint density at radius 2 is 1.83 bits per heavy atom. The van der Waals surface area contributed by atoms with Gasteiger partial charge in [0.1, 0.15) is 29.5 Å². The second-order valence-electron chi connectivity index (χ2n) is 10.9. The predicted molar refractivity (Wildman–Crippen MR) is 132 cm³/mol. The molecule has 2 fully saturated rings. The number of rotatable bonds is 5. The third kappa shape index (κ3) is 4.43. The molecule has 1 saturated carbocycles. The first-order chi connectivity index (χ1) is 16.7. The molecule has 3 aromatic rings. The molecular formula is C28H31N3O4. The van der Waals surface area contributed by atoms with Crippen LogP contribution in [0.25, 0.3) is 11.0 Å². The number of furan rings is 1. The molecule has 35 heavy (non-hydrogen) atoms. The Bertz CT molecular complexity index is 1250. The van der Waals surface area contributed by atoms with Crippen molar-refractivity contribution in [2.75, 3.05) is 6.54 Å². The van der Waals surface area contributed by atoms with Gasteiger partial charge in [-0.25, -0.2) is 4.79 Å². The highest BCUT2D eigenvalue weighted by atomic mass is 16.3. The second kappa shape index (κ2) is 8.56. The van der Waals surface area contributed by atoms with Crippen LogP contribution in [0.4, 0.5) is 4.79 Å². The number of carbonyl (C=O) groups excluding carboxylic acids is 3. The molecule has 4 amide bonds. The van der Waals surface area contributed by atoms with E-state index in [1.54, 1.807) is 0 Å². The summed E-state index contributed by atoms with van der Waals surface area (Å²) in [5.74, 6) is 0.148. The topological polar surface area (TPSA) is 91.7 Å². The molecule has 3 unspecified atom stereocenters. The van der Waals surface area contributed by atoms with Gasteiger partial charge in [-0.3, -0.25) is 14.5 Å². The van der Waals surface area contributed by atoms with E-state index in [0.29, 0.717) is 24.5 Å². The van der Waals surface area contributed by atoms with Crippen molar-refractivity contribution in [3.8, 4) is 0 Å². The number of para-hydroxylation sites is 1. The molecule has 3 atom stereocenters. The summed E-state index contributed by atoms with van der Waals surface area (Å²) in [7, 11) is 0. The monoisotopic (exact) mass is 473 g/mol. The lowest BCUT2D eigenvalue weighted by Gasteiger charge is -2.43. The van der Waals surface area contributed by atoms with Gasteiger partial charge in [0.25, 0.3) is 5.91 Å². The minimum Gasteiger partial charge on any atom is -0.459 e. The van der Waals surface area contributed by atoms with Gasteiger partial charge in [0.2, 0.25) is 5.91 Å². The van der Waals surface area contributed by atoms with Gasteiger partial charge in [0.05, 0.1) is 0 Å². The number of benzene rings is 2. The van der Waals surface area contributed by atoms with Crippen LogP contribution in [0, 0.1) is 11.3 Å². The Kier molecular flexibility index (Phi) is 5.66. The van der Waals surface area contributed by atoms with Gasteiger partial charge in [-0.15, -0.1) is 0 Å². The third-order valence-corrected chi connectivity index (χ3v) is 7.09. The maximum atomic E-state index is 13.4. The summed E-state index contributed by atoms with van der Waals surface area (Å²) in [5, 5.41) is 6.86. The van der Waals surface area contributed by atoms with Crippen LogP contribution in [0.2, 0.25) is 0 Å². The number of amides is 4. The van der Waals surface area contributed by atoms with Crippen LogP contribution in [0.5, 0.6) is 0 Å². The highest BCUT2D eigenvalue weighted by Crippen LogP contribution is 2.46. The zero-order valence-electron chi connectivity index (χ0n) is 20.3. The molecule has 7 nitrogen and oxygen atoms in total. The van der Waals surface area contributed by atoms with Crippen LogP contribution in [-0.2, 0) is 9.59 Å². The molecule has 2 aliphatic rings. The van der Waals surface area contributed by atoms with Crippen molar-refractivity contribution in [1.29, 1.82) is 0 Å². The summed E-state index contributed by atoms with van der Waals surface area (Å²) in [6.45, 7) is 6.01. The molecule has 0 radical (unpaired) electrons. The third-order valence-electron chi connectivity index (χ3n) is 7.09. The van der Waals surface area contributed by atoms with Crippen molar-refractivity contribution < 1.29 is 18.8 Å². The zero-order valence-corrected chi connectivity index (χ0v) is 20.3. The average Bonchev–Trinajstić information content (AvgIpc) is 3.31. The van der Waals surface area contributed by atoms with Crippen molar-refractivity contribution in [1.82, 2.24) is 15.5 Å². The maximum absolute atomic E-state index is 13.4. The second-order valence-corrected chi connectivity index (χ2v) is 10.9. The van der Waals surface area contributed by atoms with Crippen LogP contribution in [0.15, 0.2) is 65.1 Å². The minimum absolute atomic E-state index is 0.0709. The first-order valence-electron chi connectivity index (χ1n) is 12.1. The fourth-order valence-corrected chi connectivity index (χ4v) is 6.11. The molecule has 2 aromatic carbocycles. The van der Waals surface area contributed by atoms with Crippen LogP contribution < -0.4 is 10.6 Å². The summed E-state index contributed by atoms with van der Waals surface area (Å²) in [6, 6.07) is 18.0. The predicted octanol–water partition coefficient (Wildman–Crippen LogP) is 4.78. The van der Waals surface area contributed by atoms with Crippen molar-refractivity contribution in [3.63, 3.8) is 0 Å². The van der Waals surface area contributed by atoms with Crippen molar-refractivity contribution >= 4 is 28.8 Å². The zero-order chi connectivity index (χ0) is 24.8. The first-order valence-corrected chi connectivity index (χ1v) is 12.1. The fraction of sp³-hybridized carbons (Fsp3) is 0.393. The molecule has 1 aliphatic carbocycles. The minimum atomic E-state index is -0.934. The lowest BCUT2D eigenvalue weighted by Crippen LogP contribution is -2.54. The van der Waals surface area contributed by atoms with Gasteiger partial charge in [0.15, 0.2) is 0 Å². The van der Waals surface area contributed by atoms with E-state index >= 15 is 0 Å². The molecule has 1 spiro atoms. The van der Waals surface area contributed by atoms with Gasteiger partial charge in [0, 0.05) is 5.39 Å². The van der Waals surface area contributed by atoms with Gasteiger partial charge in [-0.1, -0.05) is 69.3 Å². The van der Waals surface area contributed by atoms with Gasteiger partial charge in [-0.05, 0) is 48.3 Å². The molecule has 2 N–H and O–H groups in total. The highest BCUT2D eigenvalue weighted by molar-refractivity contribution is 6.09. The summed E-state index contributed by atoms with van der Waals surface area (Å²) in [4.78, 5) is 40.6. The van der Waals surface area contributed by atoms with Gasteiger partial charge >= 0.3 is 6.03 Å². The number of nitrogens with zero attached hydrogens (tertiary/aromatic N) is 1. The molecule has 1 aliphatic heterocycles. The normalized spacial score (nSPS) is 24.5. The molecule has 2 heterocycles. The number of carbonyl (C=O) groups is 3. The maximum Gasteiger partial charge on any atom is 0.325 e. The van der Waals surface area contributed by atoms with Crippen LogP contribution in [0.3, 0.4) is 0 Å². The number of nitrogens with one attached hydrogen (secondary N) is 2. The van der Waals surface area contributed by atoms with E-state index in [1.165, 1.54) is 0 Å². The van der Waals surface area contributed by atoms with Gasteiger partial charge in [-0.2, -0.15) is 0 Å². The standard InChI is InChI=1S/C28H31N3O4/c1-18-14-27(2,3)17-28(15-18)25(33)31(26(34)30-28)16-23(32)29-24(19-9-5-4-6-10-19)22-13-20-11-7-8-12-21(20)35-22/h4-13,18,24H,14-17H2,1-3H3,(H,29,32)(H,30,34). The Morgan fingerprint density at radius 1 is 1.11 bits per heavy atom. The van der Waals surface area contributed by atoms with E-state index in [2.05, 4.69) is 31.4 Å². The van der Waals surface area contributed by atoms with Crippen LogP contribution in [-0.4, -0.2) is 34.8 Å². The quantitative estimate of drug-likeness (QED) is 0.522. The van der Waals surface area contributed by atoms with E-state index in [4.69, 9.17) is 4.42 Å². The molecule has 5 rings (SSSR count). The number of fused-ring (bicyclic) bond motifs is 1. The Balaban J connectivity index is 1.37. The lowest BCUT2D eigenvalue weighted by atomic mass is 9.64. The number of imide groups is 1. The summed E-state index contributed by atoms with van der Waals surface area (Å²) < 4.78 is 6.05. The molecule has 1 saturated heterocycles. The summed E-state index contributed by atoms with van der Waals surface area (Å²) >= 11 is 0. The van der Waals surface area contributed by atoms with E-state index in [9.17, 15) is 14.4 Å². The molecular weight excluding hydrogens is 442 g/mol. The number of hydrogen-bond acceptors (Lipinski definition) is 4. The molecule has 1 aromatic heterocycles. The van der Waals surface area contributed by atoms with Gasteiger partial charge < -0.3 is 15.1 Å². The smallest absolute Gasteiger partial charge is 0.325 e. The van der Waals surface area contributed by atoms with Crippen molar-refractivity contribution in [3.05, 3.63) is 72.0 Å². The highest BCUT2D eigenvalue weighted by Gasteiger charge is 2.56. The van der Waals surface area contributed by atoms with E-state index in [0.717, 1.165) is 27.9 Å². The summed E-state index contributed by atoms with van der Waals surface area (Å²) in [6.07, 6.45) is 2.15. The lowest BCUT2D eigenvalue weighted by molar-refractivity contribution is -0.137. The van der Waals surface area contributed by atoms with Crippen molar-refractivity contribution in [2.45, 2.75) is 51.6 Å². The SMILES string of the molecule is CC1CC(C)(C)CC2(C1)NC(=O)N(CC(=O)NC(c1ccccc1)c1cc3ccccc3o1)C2=O. The average molecular weight is 474 g/mol. The van der Waals surface area contributed by atoms with Crippen molar-refractivity contribution in [2.24, 2.45) is 11.3 Å². The van der Waals surface area contributed by atoms with E-state index in [-0.39, 0.29) is 17.9 Å². The Labute approximate surface area is 204 Å². The fourth-order valence-electron chi connectivity index (χ4n) is 6.11. The first kappa shape index (κ1) is 23.1. The molecule has 182 valence electrons. The van der Waals surface area contributed by atoms with E-state index < -0.39 is 23.5 Å². The van der Waals surface area contributed by atoms with E-state index in [1.807, 2.05) is 60.7 Å². The van der Waals surface area contributed by atoms with Crippen LogP contribution >= 0.6 is 0 Å². The Hall–Kier alpha value is -3.61. The molecule has 7 heteroatoms. The summed E-state index contributed by atoms with van der Waals surface area (Å²) in [5.41, 5.74) is 0.563. The molecule has 0 bridgehead atoms. The number of hydrogen-bond donors (Lipinski definition) is 2. The Morgan fingerprint density at radius 3 is 2.54 bits per heavy atom. The largest absolute Gasteiger partial charge is 0.459 e.